The Hall–Kier alpha value is -1.88. The molecule has 1 amide bonds. The summed E-state index contributed by atoms with van der Waals surface area (Å²) in [7, 11) is 1.68. The number of amides is 1. The average molecular weight is 343 g/mol. The number of rotatable bonds is 6. The van der Waals surface area contributed by atoms with E-state index in [9.17, 15) is 4.79 Å². The molecule has 1 atom stereocenters. The van der Waals surface area contributed by atoms with E-state index >= 15 is 0 Å². The maximum Gasteiger partial charge on any atom is 0.222 e. The Morgan fingerprint density at radius 2 is 2.16 bits per heavy atom. The standard InChI is InChI=1S/C20H29N3O2/c1-15(2)23-18-10-5-4-9-17(18)21-20(23)16-8-6-12-22(14-16)19(24)11-7-13-25-3/h4-5,9-10,15-16H,6-8,11-14H2,1-3H3. The van der Waals surface area contributed by atoms with Crippen LogP contribution in [0, 0.1) is 0 Å². The summed E-state index contributed by atoms with van der Waals surface area (Å²) in [5, 5.41) is 0. The van der Waals surface area contributed by atoms with Crippen LogP contribution in [0.2, 0.25) is 0 Å². The van der Waals surface area contributed by atoms with Crippen molar-refractivity contribution in [2.45, 2.75) is 51.5 Å². The molecular formula is C20H29N3O2. The molecule has 1 unspecified atom stereocenters. The minimum atomic E-state index is 0.244. The van der Waals surface area contributed by atoms with E-state index in [0.29, 0.717) is 25.0 Å². The van der Waals surface area contributed by atoms with Crippen LogP contribution in [0.5, 0.6) is 0 Å². The summed E-state index contributed by atoms with van der Waals surface area (Å²) in [6.45, 7) is 6.69. The SMILES string of the molecule is COCCCC(=O)N1CCCC(c2nc3ccccc3n2C(C)C)C1. The number of hydrogen-bond donors (Lipinski definition) is 0. The van der Waals surface area contributed by atoms with Crippen molar-refractivity contribution in [2.24, 2.45) is 0 Å². The van der Waals surface area contributed by atoms with Gasteiger partial charge in [0.1, 0.15) is 5.82 Å². The number of likely N-dealkylation sites (tertiary alicyclic amines) is 1. The molecule has 0 N–H and O–H groups in total. The second-order valence-corrected chi connectivity index (χ2v) is 7.20. The number of carbonyl (C=O) groups is 1. The molecule has 1 aromatic heterocycles. The number of benzene rings is 1. The third-order valence-electron chi connectivity index (χ3n) is 5.02. The maximum absolute atomic E-state index is 12.5. The molecular weight excluding hydrogens is 314 g/mol. The van der Waals surface area contributed by atoms with Crippen LogP contribution in [-0.2, 0) is 9.53 Å². The topological polar surface area (TPSA) is 47.4 Å². The zero-order valence-corrected chi connectivity index (χ0v) is 15.6. The van der Waals surface area contributed by atoms with Gasteiger partial charge in [-0.1, -0.05) is 12.1 Å². The highest BCUT2D eigenvalue weighted by atomic mass is 16.5. The predicted octanol–water partition coefficient (Wildman–Crippen LogP) is 3.75. The molecule has 0 spiro atoms. The molecule has 2 heterocycles. The van der Waals surface area contributed by atoms with Gasteiger partial charge in [0.05, 0.1) is 11.0 Å². The largest absolute Gasteiger partial charge is 0.385 e. The normalized spacial score (nSPS) is 18.2. The Morgan fingerprint density at radius 3 is 2.92 bits per heavy atom. The number of piperidine rings is 1. The molecule has 1 aliphatic rings. The lowest BCUT2D eigenvalue weighted by molar-refractivity contribution is -0.132. The first-order valence-electron chi connectivity index (χ1n) is 9.35. The van der Waals surface area contributed by atoms with Gasteiger partial charge in [0, 0.05) is 45.2 Å². The van der Waals surface area contributed by atoms with E-state index in [1.54, 1.807) is 7.11 Å². The number of aromatic nitrogens is 2. The lowest BCUT2D eigenvalue weighted by atomic mass is 9.96. The van der Waals surface area contributed by atoms with Crippen molar-refractivity contribution in [3.63, 3.8) is 0 Å². The number of carbonyl (C=O) groups excluding carboxylic acids is 1. The van der Waals surface area contributed by atoms with Gasteiger partial charge in [-0.05, 0) is 45.2 Å². The van der Waals surface area contributed by atoms with E-state index in [4.69, 9.17) is 9.72 Å². The number of fused-ring (bicyclic) bond motifs is 1. The molecule has 2 aromatic rings. The minimum absolute atomic E-state index is 0.244. The number of para-hydroxylation sites is 2. The van der Waals surface area contributed by atoms with Gasteiger partial charge in [0.15, 0.2) is 0 Å². The molecule has 1 aromatic carbocycles. The fourth-order valence-electron chi connectivity index (χ4n) is 3.83. The van der Waals surface area contributed by atoms with Crippen LogP contribution in [0.15, 0.2) is 24.3 Å². The van der Waals surface area contributed by atoms with Crippen LogP contribution in [-0.4, -0.2) is 47.2 Å². The van der Waals surface area contributed by atoms with E-state index in [0.717, 1.165) is 43.7 Å². The molecule has 1 saturated heterocycles. The van der Waals surface area contributed by atoms with Gasteiger partial charge < -0.3 is 14.2 Å². The highest BCUT2D eigenvalue weighted by molar-refractivity contribution is 5.77. The number of ether oxygens (including phenoxy) is 1. The monoisotopic (exact) mass is 343 g/mol. The van der Waals surface area contributed by atoms with Crippen molar-refractivity contribution in [3.8, 4) is 0 Å². The van der Waals surface area contributed by atoms with E-state index in [-0.39, 0.29) is 5.91 Å². The molecule has 3 rings (SSSR count). The van der Waals surface area contributed by atoms with E-state index in [1.807, 2.05) is 11.0 Å². The molecule has 1 fully saturated rings. The average Bonchev–Trinajstić information content (AvgIpc) is 3.02. The lowest BCUT2D eigenvalue weighted by Gasteiger charge is -2.33. The van der Waals surface area contributed by atoms with Crippen LogP contribution in [0.25, 0.3) is 11.0 Å². The first kappa shape index (κ1) is 17.9. The quantitative estimate of drug-likeness (QED) is 0.751. The summed E-state index contributed by atoms with van der Waals surface area (Å²) >= 11 is 0. The van der Waals surface area contributed by atoms with Gasteiger partial charge >= 0.3 is 0 Å². The van der Waals surface area contributed by atoms with E-state index in [2.05, 4.69) is 36.6 Å². The fourth-order valence-corrected chi connectivity index (χ4v) is 3.83. The van der Waals surface area contributed by atoms with E-state index < -0.39 is 0 Å². The molecule has 25 heavy (non-hydrogen) atoms. The highest BCUT2D eigenvalue weighted by Gasteiger charge is 2.28. The molecule has 0 aliphatic carbocycles. The van der Waals surface area contributed by atoms with Crippen LogP contribution in [0.3, 0.4) is 0 Å². The third-order valence-corrected chi connectivity index (χ3v) is 5.02. The van der Waals surface area contributed by atoms with Crippen LogP contribution in [0.1, 0.15) is 57.3 Å². The summed E-state index contributed by atoms with van der Waals surface area (Å²) in [4.78, 5) is 19.4. The van der Waals surface area contributed by atoms with Crippen molar-refractivity contribution in [3.05, 3.63) is 30.1 Å². The van der Waals surface area contributed by atoms with Gasteiger partial charge in [-0.15, -0.1) is 0 Å². The molecule has 5 nitrogen and oxygen atoms in total. The van der Waals surface area contributed by atoms with Gasteiger partial charge in [-0.3, -0.25) is 4.79 Å². The van der Waals surface area contributed by atoms with Gasteiger partial charge in [-0.25, -0.2) is 4.98 Å². The first-order valence-corrected chi connectivity index (χ1v) is 9.35. The molecule has 1 aliphatic heterocycles. The van der Waals surface area contributed by atoms with Gasteiger partial charge in [0.2, 0.25) is 5.91 Å². The number of imidazole rings is 1. The van der Waals surface area contributed by atoms with Gasteiger partial charge in [-0.2, -0.15) is 0 Å². The Labute approximate surface area is 150 Å². The zero-order chi connectivity index (χ0) is 17.8. The second-order valence-electron chi connectivity index (χ2n) is 7.20. The van der Waals surface area contributed by atoms with Crippen molar-refractivity contribution >= 4 is 16.9 Å². The van der Waals surface area contributed by atoms with Crippen molar-refractivity contribution < 1.29 is 9.53 Å². The van der Waals surface area contributed by atoms with Crippen molar-refractivity contribution in [1.82, 2.24) is 14.5 Å². The molecule has 0 saturated carbocycles. The Morgan fingerprint density at radius 1 is 1.36 bits per heavy atom. The smallest absolute Gasteiger partial charge is 0.222 e. The van der Waals surface area contributed by atoms with Crippen LogP contribution in [0.4, 0.5) is 0 Å². The summed E-state index contributed by atoms with van der Waals surface area (Å²) in [6.07, 6.45) is 3.50. The predicted molar refractivity (Wildman–Crippen MR) is 99.8 cm³/mol. The van der Waals surface area contributed by atoms with Gasteiger partial charge in [0.25, 0.3) is 0 Å². The lowest BCUT2D eigenvalue weighted by Crippen LogP contribution is -2.39. The number of hydrogen-bond acceptors (Lipinski definition) is 3. The van der Waals surface area contributed by atoms with Crippen LogP contribution >= 0.6 is 0 Å². The number of nitrogens with zero attached hydrogens (tertiary/aromatic N) is 3. The Bertz CT molecular complexity index is 723. The first-order chi connectivity index (χ1) is 12.1. The molecule has 5 heteroatoms. The summed E-state index contributed by atoms with van der Waals surface area (Å²) in [5.41, 5.74) is 2.24. The molecule has 0 radical (unpaired) electrons. The summed E-state index contributed by atoms with van der Waals surface area (Å²) in [6, 6.07) is 8.68. The third kappa shape index (κ3) is 3.87. The molecule has 0 bridgehead atoms. The van der Waals surface area contributed by atoms with Crippen molar-refractivity contribution in [2.75, 3.05) is 26.8 Å². The minimum Gasteiger partial charge on any atom is -0.385 e. The fraction of sp³-hybridized carbons (Fsp3) is 0.600. The van der Waals surface area contributed by atoms with Crippen LogP contribution < -0.4 is 0 Å². The Kier molecular flexibility index (Phi) is 5.74. The highest BCUT2D eigenvalue weighted by Crippen LogP contribution is 2.31. The van der Waals surface area contributed by atoms with Crippen molar-refractivity contribution in [1.29, 1.82) is 0 Å². The van der Waals surface area contributed by atoms with E-state index in [1.165, 1.54) is 5.52 Å². The molecule has 136 valence electrons. The summed E-state index contributed by atoms with van der Waals surface area (Å²) < 4.78 is 7.41. The summed E-state index contributed by atoms with van der Waals surface area (Å²) in [5.74, 6) is 1.69. The maximum atomic E-state index is 12.5. The Balaban J connectivity index is 1.80. The second kappa shape index (κ2) is 8.00. The zero-order valence-electron chi connectivity index (χ0n) is 15.6. The number of methoxy groups -OCH3 is 1.